The van der Waals surface area contributed by atoms with Gasteiger partial charge in [-0.1, -0.05) is 18.2 Å². The lowest BCUT2D eigenvalue weighted by molar-refractivity contribution is -0.0332. The smallest absolute Gasteiger partial charge is 0.137 e. The van der Waals surface area contributed by atoms with Gasteiger partial charge in [0.05, 0.1) is 18.4 Å². The Morgan fingerprint density at radius 1 is 1.17 bits per heavy atom. The molecule has 0 unspecified atom stereocenters. The van der Waals surface area contributed by atoms with Gasteiger partial charge in [-0.15, -0.1) is 0 Å². The summed E-state index contributed by atoms with van der Waals surface area (Å²) in [6.07, 6.45) is 4.06. The predicted octanol–water partition coefficient (Wildman–Crippen LogP) is 3.05. The standard InChI is InChI=1S/C18H18FN3O/c19-15-6-4-14(5-7-15)17-13-21(9-10-23-17)11-16-12-22-8-2-1-3-18(22)20-16/h1-8,12,17H,9-11,13H2/t17-/m1/s1. The largest absolute Gasteiger partial charge is 0.371 e. The van der Waals surface area contributed by atoms with E-state index in [2.05, 4.69) is 16.1 Å². The maximum atomic E-state index is 13.1. The third-order valence-corrected chi connectivity index (χ3v) is 4.19. The van der Waals surface area contributed by atoms with Crippen LogP contribution in [-0.2, 0) is 11.3 Å². The van der Waals surface area contributed by atoms with Gasteiger partial charge < -0.3 is 9.14 Å². The molecule has 0 aliphatic carbocycles. The van der Waals surface area contributed by atoms with Crippen molar-refractivity contribution in [1.29, 1.82) is 0 Å². The summed E-state index contributed by atoms with van der Waals surface area (Å²) < 4.78 is 20.9. The van der Waals surface area contributed by atoms with Crippen LogP contribution in [0.3, 0.4) is 0 Å². The van der Waals surface area contributed by atoms with Crippen LogP contribution in [0.4, 0.5) is 4.39 Å². The Labute approximate surface area is 134 Å². The molecule has 0 bridgehead atoms. The maximum absolute atomic E-state index is 13.1. The molecule has 2 aromatic heterocycles. The summed E-state index contributed by atoms with van der Waals surface area (Å²) in [5, 5.41) is 0. The van der Waals surface area contributed by atoms with Crippen molar-refractivity contribution in [1.82, 2.24) is 14.3 Å². The molecule has 0 amide bonds. The molecule has 0 N–H and O–H groups in total. The van der Waals surface area contributed by atoms with Gasteiger partial charge in [0.2, 0.25) is 0 Å². The van der Waals surface area contributed by atoms with Crippen LogP contribution in [0.1, 0.15) is 17.4 Å². The molecule has 118 valence electrons. The minimum Gasteiger partial charge on any atom is -0.371 e. The number of pyridine rings is 1. The molecule has 3 heterocycles. The fraction of sp³-hybridized carbons (Fsp3) is 0.278. The zero-order valence-corrected chi connectivity index (χ0v) is 12.7. The summed E-state index contributed by atoms with van der Waals surface area (Å²) in [6, 6.07) is 12.6. The van der Waals surface area contributed by atoms with E-state index in [9.17, 15) is 4.39 Å². The average molecular weight is 311 g/mol. The molecule has 4 nitrogen and oxygen atoms in total. The SMILES string of the molecule is Fc1ccc([C@H]2CN(Cc3cn4ccccc4n3)CCO2)cc1. The molecule has 1 aliphatic rings. The van der Waals surface area contributed by atoms with Crippen molar-refractivity contribution < 1.29 is 9.13 Å². The van der Waals surface area contributed by atoms with E-state index in [1.807, 2.05) is 28.8 Å². The Morgan fingerprint density at radius 2 is 2.04 bits per heavy atom. The second-order valence-electron chi connectivity index (χ2n) is 5.84. The van der Waals surface area contributed by atoms with Crippen molar-refractivity contribution in [2.24, 2.45) is 0 Å². The number of halogens is 1. The summed E-state index contributed by atoms with van der Waals surface area (Å²) in [4.78, 5) is 6.98. The third-order valence-electron chi connectivity index (χ3n) is 4.19. The van der Waals surface area contributed by atoms with E-state index in [-0.39, 0.29) is 11.9 Å². The lowest BCUT2D eigenvalue weighted by atomic mass is 10.1. The second kappa shape index (κ2) is 6.10. The Kier molecular flexibility index (Phi) is 3.81. The molecule has 1 saturated heterocycles. The van der Waals surface area contributed by atoms with Gasteiger partial charge >= 0.3 is 0 Å². The van der Waals surface area contributed by atoms with Crippen molar-refractivity contribution in [3.63, 3.8) is 0 Å². The summed E-state index contributed by atoms with van der Waals surface area (Å²) >= 11 is 0. The predicted molar refractivity (Wildman–Crippen MR) is 85.6 cm³/mol. The summed E-state index contributed by atoms with van der Waals surface area (Å²) in [6.45, 7) is 3.14. The number of morpholine rings is 1. The van der Waals surface area contributed by atoms with Gasteiger partial charge in [-0.2, -0.15) is 0 Å². The summed E-state index contributed by atoms with van der Waals surface area (Å²) in [5.41, 5.74) is 3.04. The molecule has 1 fully saturated rings. The van der Waals surface area contributed by atoms with Gasteiger partial charge in [0, 0.05) is 32.0 Å². The number of ether oxygens (including phenoxy) is 1. The first kappa shape index (κ1) is 14.4. The van der Waals surface area contributed by atoms with Crippen molar-refractivity contribution in [2.45, 2.75) is 12.6 Å². The molecule has 0 spiro atoms. The van der Waals surface area contributed by atoms with Gasteiger partial charge in [0.15, 0.2) is 0 Å². The number of hydrogen-bond acceptors (Lipinski definition) is 3. The van der Waals surface area contributed by atoms with E-state index in [1.54, 1.807) is 12.1 Å². The zero-order chi connectivity index (χ0) is 15.6. The molecule has 1 aliphatic heterocycles. The molecule has 3 aromatic rings. The third kappa shape index (κ3) is 3.11. The Bertz CT molecular complexity index is 766. The molecule has 1 atom stereocenters. The van der Waals surface area contributed by atoms with Crippen LogP contribution in [0.15, 0.2) is 54.9 Å². The molecular formula is C18H18FN3O. The van der Waals surface area contributed by atoms with Crippen LogP contribution < -0.4 is 0 Å². The van der Waals surface area contributed by atoms with Gasteiger partial charge in [0.25, 0.3) is 0 Å². The quantitative estimate of drug-likeness (QED) is 0.744. The van der Waals surface area contributed by atoms with Gasteiger partial charge in [-0.25, -0.2) is 9.37 Å². The van der Waals surface area contributed by atoms with Gasteiger partial charge in [-0.3, -0.25) is 4.90 Å². The van der Waals surface area contributed by atoms with Crippen LogP contribution >= 0.6 is 0 Å². The number of hydrogen-bond donors (Lipinski definition) is 0. The fourth-order valence-corrected chi connectivity index (χ4v) is 3.02. The average Bonchev–Trinajstić information content (AvgIpc) is 2.98. The van der Waals surface area contributed by atoms with Gasteiger partial charge in [0.1, 0.15) is 11.5 Å². The van der Waals surface area contributed by atoms with Gasteiger partial charge in [-0.05, 0) is 29.8 Å². The number of rotatable bonds is 3. The monoisotopic (exact) mass is 311 g/mol. The Balaban J connectivity index is 1.47. The van der Waals surface area contributed by atoms with Crippen LogP contribution in [-0.4, -0.2) is 34.0 Å². The second-order valence-corrected chi connectivity index (χ2v) is 5.84. The summed E-state index contributed by atoms with van der Waals surface area (Å²) in [7, 11) is 0. The summed E-state index contributed by atoms with van der Waals surface area (Å²) in [5.74, 6) is -0.217. The first-order valence-corrected chi connectivity index (χ1v) is 7.80. The molecular weight excluding hydrogens is 293 g/mol. The fourth-order valence-electron chi connectivity index (χ4n) is 3.02. The van der Waals surface area contributed by atoms with E-state index in [4.69, 9.17) is 4.74 Å². The minimum absolute atomic E-state index is 0.0126. The minimum atomic E-state index is -0.217. The van der Waals surface area contributed by atoms with Crippen LogP contribution in [0.25, 0.3) is 5.65 Å². The highest BCUT2D eigenvalue weighted by Crippen LogP contribution is 2.23. The lowest BCUT2D eigenvalue weighted by Gasteiger charge is -2.32. The Morgan fingerprint density at radius 3 is 2.87 bits per heavy atom. The molecule has 1 aromatic carbocycles. The highest BCUT2D eigenvalue weighted by molar-refractivity contribution is 5.39. The molecule has 5 heteroatoms. The van der Waals surface area contributed by atoms with Crippen LogP contribution in [0.5, 0.6) is 0 Å². The number of fused-ring (bicyclic) bond motifs is 1. The number of aromatic nitrogens is 2. The Hall–Kier alpha value is -2.24. The first-order chi connectivity index (χ1) is 11.3. The van der Waals surface area contributed by atoms with E-state index >= 15 is 0 Å². The zero-order valence-electron chi connectivity index (χ0n) is 12.7. The van der Waals surface area contributed by atoms with E-state index in [1.165, 1.54) is 12.1 Å². The normalized spacial score (nSPS) is 19.3. The highest BCUT2D eigenvalue weighted by atomic mass is 19.1. The lowest BCUT2D eigenvalue weighted by Crippen LogP contribution is -2.37. The van der Waals surface area contributed by atoms with Crippen molar-refractivity contribution in [2.75, 3.05) is 19.7 Å². The molecule has 4 rings (SSSR count). The van der Waals surface area contributed by atoms with Crippen molar-refractivity contribution >= 4 is 5.65 Å². The molecule has 0 radical (unpaired) electrons. The molecule has 0 saturated carbocycles. The van der Waals surface area contributed by atoms with E-state index < -0.39 is 0 Å². The van der Waals surface area contributed by atoms with Crippen molar-refractivity contribution in [3.05, 3.63) is 71.9 Å². The number of nitrogens with zero attached hydrogens (tertiary/aromatic N) is 3. The first-order valence-electron chi connectivity index (χ1n) is 7.80. The van der Waals surface area contributed by atoms with Crippen LogP contribution in [0.2, 0.25) is 0 Å². The maximum Gasteiger partial charge on any atom is 0.137 e. The number of imidazole rings is 1. The van der Waals surface area contributed by atoms with E-state index in [0.29, 0.717) is 6.61 Å². The van der Waals surface area contributed by atoms with Crippen molar-refractivity contribution in [3.8, 4) is 0 Å². The number of benzene rings is 1. The van der Waals surface area contributed by atoms with E-state index in [0.717, 1.165) is 36.5 Å². The molecule has 23 heavy (non-hydrogen) atoms. The topological polar surface area (TPSA) is 29.8 Å². The van der Waals surface area contributed by atoms with Crippen LogP contribution in [0, 0.1) is 5.82 Å². The highest BCUT2D eigenvalue weighted by Gasteiger charge is 2.22.